The molecule has 2 aromatic carbocycles. The van der Waals surface area contributed by atoms with Gasteiger partial charge in [-0.2, -0.15) is 0 Å². The van der Waals surface area contributed by atoms with Gasteiger partial charge in [0, 0.05) is 24.5 Å². The molecule has 0 saturated carbocycles. The Morgan fingerprint density at radius 3 is 2.41 bits per heavy atom. The maximum absolute atomic E-state index is 12.8. The number of carbonyl (C=O) groups is 2. The quantitative estimate of drug-likeness (QED) is 0.854. The van der Waals surface area contributed by atoms with Gasteiger partial charge in [0.2, 0.25) is 11.8 Å². The standard InChI is InChI=1S/C22H27N3O2/c1-2-25(20-13-7-4-8-14-20)21(26)17-24-15-9-10-18(16-24)22(27)23-19-11-5-3-6-12-19/h3-8,11-14,18H,2,9-10,15-17H2,1H3,(H,23,27)/t18-/m1/s1. The normalized spacial score (nSPS) is 17.3. The highest BCUT2D eigenvalue weighted by molar-refractivity contribution is 5.95. The summed E-state index contributed by atoms with van der Waals surface area (Å²) >= 11 is 0. The van der Waals surface area contributed by atoms with E-state index in [0.717, 1.165) is 30.8 Å². The third-order valence-electron chi connectivity index (χ3n) is 4.96. The number of carbonyl (C=O) groups excluding carboxylic acids is 2. The first kappa shape index (κ1) is 19.1. The third kappa shape index (κ3) is 5.17. The van der Waals surface area contributed by atoms with E-state index in [0.29, 0.717) is 19.6 Å². The molecule has 5 heteroatoms. The topological polar surface area (TPSA) is 52.7 Å². The SMILES string of the molecule is CCN(C(=O)CN1CCC[C@@H](C(=O)Nc2ccccc2)C1)c1ccccc1. The fourth-order valence-electron chi connectivity index (χ4n) is 3.57. The summed E-state index contributed by atoms with van der Waals surface area (Å²) in [6.07, 6.45) is 1.79. The van der Waals surface area contributed by atoms with Gasteiger partial charge >= 0.3 is 0 Å². The van der Waals surface area contributed by atoms with Gasteiger partial charge in [-0.15, -0.1) is 0 Å². The van der Waals surface area contributed by atoms with Gasteiger partial charge in [0.15, 0.2) is 0 Å². The van der Waals surface area contributed by atoms with Gasteiger partial charge in [0.05, 0.1) is 12.5 Å². The van der Waals surface area contributed by atoms with Crippen LogP contribution >= 0.6 is 0 Å². The second kappa shape index (κ2) is 9.33. The highest BCUT2D eigenvalue weighted by Crippen LogP contribution is 2.20. The van der Waals surface area contributed by atoms with Crippen molar-refractivity contribution in [1.82, 2.24) is 4.90 Å². The summed E-state index contributed by atoms with van der Waals surface area (Å²) < 4.78 is 0. The van der Waals surface area contributed by atoms with Gasteiger partial charge in [-0.05, 0) is 50.6 Å². The minimum absolute atomic E-state index is 0.0359. The number of nitrogens with one attached hydrogen (secondary N) is 1. The zero-order valence-corrected chi connectivity index (χ0v) is 15.8. The number of nitrogens with zero attached hydrogens (tertiary/aromatic N) is 2. The molecule has 1 N–H and O–H groups in total. The van der Waals surface area contributed by atoms with Crippen molar-refractivity contribution >= 4 is 23.2 Å². The van der Waals surface area contributed by atoms with Crippen LogP contribution in [0.1, 0.15) is 19.8 Å². The average Bonchev–Trinajstić information content (AvgIpc) is 2.70. The molecule has 1 fully saturated rings. The van der Waals surface area contributed by atoms with E-state index in [9.17, 15) is 9.59 Å². The highest BCUT2D eigenvalue weighted by atomic mass is 16.2. The van der Waals surface area contributed by atoms with Crippen LogP contribution in [-0.2, 0) is 9.59 Å². The van der Waals surface area contributed by atoms with E-state index in [4.69, 9.17) is 0 Å². The molecule has 1 saturated heterocycles. The molecule has 27 heavy (non-hydrogen) atoms. The molecule has 0 radical (unpaired) electrons. The molecule has 0 bridgehead atoms. The number of piperidine rings is 1. The Kier molecular flexibility index (Phi) is 6.60. The van der Waals surface area contributed by atoms with Crippen molar-refractivity contribution in [3.63, 3.8) is 0 Å². The molecule has 1 aliphatic heterocycles. The van der Waals surface area contributed by atoms with Crippen LogP contribution in [0.2, 0.25) is 0 Å². The lowest BCUT2D eigenvalue weighted by atomic mass is 9.97. The number of hydrogen-bond donors (Lipinski definition) is 1. The Labute approximate surface area is 161 Å². The first-order valence-corrected chi connectivity index (χ1v) is 9.61. The number of rotatable bonds is 6. The zero-order chi connectivity index (χ0) is 19.1. The number of amides is 2. The van der Waals surface area contributed by atoms with Gasteiger partial charge in [-0.3, -0.25) is 14.5 Å². The maximum atomic E-state index is 12.8. The van der Waals surface area contributed by atoms with Crippen molar-refractivity contribution < 1.29 is 9.59 Å². The molecular weight excluding hydrogens is 338 g/mol. The van der Waals surface area contributed by atoms with Crippen molar-refractivity contribution in [2.24, 2.45) is 5.92 Å². The number of likely N-dealkylation sites (N-methyl/N-ethyl adjacent to an activating group) is 1. The van der Waals surface area contributed by atoms with E-state index in [1.807, 2.05) is 67.6 Å². The first-order valence-electron chi connectivity index (χ1n) is 9.61. The zero-order valence-electron chi connectivity index (χ0n) is 15.8. The second-order valence-electron chi connectivity index (χ2n) is 6.90. The average molecular weight is 365 g/mol. The predicted molar refractivity (Wildman–Crippen MR) is 109 cm³/mol. The van der Waals surface area contributed by atoms with Crippen LogP contribution in [-0.4, -0.2) is 42.9 Å². The number of anilines is 2. The fraction of sp³-hybridized carbons (Fsp3) is 0.364. The number of likely N-dealkylation sites (tertiary alicyclic amines) is 1. The van der Waals surface area contributed by atoms with E-state index >= 15 is 0 Å². The second-order valence-corrected chi connectivity index (χ2v) is 6.90. The van der Waals surface area contributed by atoms with E-state index in [1.165, 1.54) is 0 Å². The van der Waals surface area contributed by atoms with Crippen LogP contribution in [0.5, 0.6) is 0 Å². The maximum Gasteiger partial charge on any atom is 0.241 e. The minimum atomic E-state index is -0.0847. The molecular formula is C22H27N3O2. The lowest BCUT2D eigenvalue weighted by Gasteiger charge is -2.33. The van der Waals surface area contributed by atoms with Crippen LogP contribution in [0.15, 0.2) is 60.7 Å². The van der Waals surface area contributed by atoms with Gasteiger partial charge in [0.25, 0.3) is 0 Å². The molecule has 2 amide bonds. The monoisotopic (exact) mass is 365 g/mol. The van der Waals surface area contributed by atoms with Crippen LogP contribution in [0.3, 0.4) is 0 Å². The number of para-hydroxylation sites is 2. The molecule has 0 spiro atoms. The van der Waals surface area contributed by atoms with Crippen LogP contribution in [0.25, 0.3) is 0 Å². The largest absolute Gasteiger partial charge is 0.326 e. The molecule has 142 valence electrons. The van der Waals surface area contributed by atoms with Crippen molar-refractivity contribution in [1.29, 1.82) is 0 Å². The molecule has 0 aliphatic carbocycles. The smallest absolute Gasteiger partial charge is 0.241 e. The molecule has 5 nitrogen and oxygen atoms in total. The van der Waals surface area contributed by atoms with Crippen LogP contribution in [0, 0.1) is 5.92 Å². The summed E-state index contributed by atoms with van der Waals surface area (Å²) in [5.41, 5.74) is 1.73. The lowest BCUT2D eigenvalue weighted by Crippen LogP contribution is -2.46. The summed E-state index contributed by atoms with van der Waals surface area (Å²) in [6, 6.07) is 19.3. The third-order valence-corrected chi connectivity index (χ3v) is 4.96. The van der Waals surface area contributed by atoms with Crippen molar-refractivity contribution in [3.8, 4) is 0 Å². The Morgan fingerprint density at radius 1 is 1.07 bits per heavy atom. The van der Waals surface area contributed by atoms with Crippen molar-refractivity contribution in [2.75, 3.05) is 36.4 Å². The fourth-order valence-corrected chi connectivity index (χ4v) is 3.57. The van der Waals surface area contributed by atoms with Gasteiger partial charge in [-0.1, -0.05) is 36.4 Å². The van der Waals surface area contributed by atoms with Crippen molar-refractivity contribution in [3.05, 3.63) is 60.7 Å². The molecule has 2 aromatic rings. The predicted octanol–water partition coefficient (Wildman–Crippen LogP) is 3.39. The molecule has 0 unspecified atom stereocenters. The highest BCUT2D eigenvalue weighted by Gasteiger charge is 2.28. The summed E-state index contributed by atoms with van der Waals surface area (Å²) in [4.78, 5) is 29.3. The number of benzene rings is 2. The summed E-state index contributed by atoms with van der Waals surface area (Å²) in [7, 11) is 0. The molecule has 1 heterocycles. The van der Waals surface area contributed by atoms with E-state index in [-0.39, 0.29) is 17.7 Å². The van der Waals surface area contributed by atoms with Gasteiger partial charge in [0.1, 0.15) is 0 Å². The van der Waals surface area contributed by atoms with Crippen LogP contribution in [0.4, 0.5) is 11.4 Å². The number of hydrogen-bond acceptors (Lipinski definition) is 3. The van der Waals surface area contributed by atoms with Gasteiger partial charge in [-0.25, -0.2) is 0 Å². The Morgan fingerprint density at radius 2 is 1.74 bits per heavy atom. The molecule has 1 atom stereocenters. The summed E-state index contributed by atoms with van der Waals surface area (Å²) in [5, 5.41) is 2.98. The van der Waals surface area contributed by atoms with E-state index in [1.54, 1.807) is 4.90 Å². The molecule has 1 aliphatic rings. The first-order chi connectivity index (χ1) is 13.2. The Bertz CT molecular complexity index is 749. The van der Waals surface area contributed by atoms with E-state index < -0.39 is 0 Å². The summed E-state index contributed by atoms with van der Waals surface area (Å²) in [5.74, 6) is 0.0279. The van der Waals surface area contributed by atoms with Crippen LogP contribution < -0.4 is 10.2 Å². The van der Waals surface area contributed by atoms with Crippen molar-refractivity contribution in [2.45, 2.75) is 19.8 Å². The Balaban J connectivity index is 1.57. The minimum Gasteiger partial charge on any atom is -0.326 e. The van der Waals surface area contributed by atoms with E-state index in [2.05, 4.69) is 10.2 Å². The molecule has 0 aromatic heterocycles. The lowest BCUT2D eigenvalue weighted by molar-refractivity contribution is -0.124. The van der Waals surface area contributed by atoms with Gasteiger partial charge < -0.3 is 10.2 Å². The summed E-state index contributed by atoms with van der Waals surface area (Å²) in [6.45, 7) is 4.44. The molecule has 3 rings (SSSR count). The Hall–Kier alpha value is -2.66.